The molecule has 4 bridgehead atoms. The van der Waals surface area contributed by atoms with E-state index in [4.69, 9.17) is 4.74 Å². The van der Waals surface area contributed by atoms with Gasteiger partial charge in [-0.1, -0.05) is 0 Å². The summed E-state index contributed by atoms with van der Waals surface area (Å²) in [7, 11) is 1.52. The predicted molar refractivity (Wildman–Crippen MR) is 54.8 cm³/mol. The average Bonchev–Trinajstić information content (AvgIpc) is 2.12. The summed E-state index contributed by atoms with van der Waals surface area (Å²) in [5.41, 5.74) is 4.42. The molecule has 0 amide bonds. The van der Waals surface area contributed by atoms with Gasteiger partial charge in [-0.25, -0.2) is 0 Å². The van der Waals surface area contributed by atoms with Crippen molar-refractivity contribution in [3.63, 3.8) is 0 Å². The van der Waals surface area contributed by atoms with E-state index >= 15 is 0 Å². The van der Waals surface area contributed by atoms with Crippen molar-refractivity contribution in [2.45, 2.75) is 44.1 Å². The van der Waals surface area contributed by atoms with Crippen molar-refractivity contribution in [2.24, 2.45) is 17.3 Å². The number of ether oxygens (including phenoxy) is 1. The van der Waals surface area contributed by atoms with Crippen LogP contribution < -0.4 is 5.73 Å². The largest absolute Gasteiger partial charge is 0.469 e. The van der Waals surface area contributed by atoms with Crippen molar-refractivity contribution in [3.05, 3.63) is 0 Å². The molecule has 15 heavy (non-hydrogen) atoms. The van der Waals surface area contributed by atoms with Gasteiger partial charge >= 0.3 is 5.97 Å². The predicted octanol–water partition coefficient (Wildman–Crippen LogP) is 0.740. The fraction of sp³-hybridized carbons (Fsp3) is 0.917. The molecule has 0 saturated heterocycles. The molecular weight excluding hydrogens is 190 g/mol. The van der Waals surface area contributed by atoms with Crippen LogP contribution in [0.1, 0.15) is 38.5 Å². The molecule has 4 fully saturated rings. The van der Waals surface area contributed by atoms with Crippen molar-refractivity contribution in [1.82, 2.24) is 0 Å². The highest BCUT2D eigenvalue weighted by Crippen LogP contribution is 2.60. The summed E-state index contributed by atoms with van der Waals surface area (Å²) in [6, 6.07) is 0. The number of esters is 1. The van der Waals surface area contributed by atoms with E-state index in [1.807, 2.05) is 0 Å². The minimum atomic E-state index is -0.152. The number of hydrogen-bond acceptors (Lipinski definition) is 2. The van der Waals surface area contributed by atoms with Gasteiger partial charge in [0.05, 0.1) is 18.1 Å². The second kappa shape index (κ2) is 2.76. The summed E-state index contributed by atoms with van der Waals surface area (Å²) in [5, 5.41) is 0. The van der Waals surface area contributed by atoms with Gasteiger partial charge in [0.15, 0.2) is 0 Å². The van der Waals surface area contributed by atoms with Crippen LogP contribution in [0.25, 0.3) is 0 Å². The lowest BCUT2D eigenvalue weighted by Crippen LogP contribution is -2.80. The van der Waals surface area contributed by atoms with E-state index in [1.165, 1.54) is 26.4 Å². The van der Waals surface area contributed by atoms with Crippen LogP contribution in [0.3, 0.4) is 0 Å². The highest BCUT2D eigenvalue weighted by Gasteiger charge is 2.61. The molecule has 3 N–H and O–H groups in total. The van der Waals surface area contributed by atoms with E-state index < -0.39 is 0 Å². The fourth-order valence-corrected chi connectivity index (χ4v) is 4.91. The second-order valence-electron chi connectivity index (χ2n) is 6.23. The fourth-order valence-electron chi connectivity index (χ4n) is 4.91. The molecule has 3 heteroatoms. The number of hydrogen-bond donors (Lipinski definition) is 1. The van der Waals surface area contributed by atoms with Crippen LogP contribution in [0, 0.1) is 17.3 Å². The van der Waals surface area contributed by atoms with Crippen LogP contribution in [-0.2, 0) is 9.53 Å². The Morgan fingerprint density at radius 3 is 2.33 bits per heavy atom. The average molecular weight is 210 g/mol. The van der Waals surface area contributed by atoms with E-state index in [0.717, 1.165) is 31.1 Å². The second-order valence-corrected chi connectivity index (χ2v) is 6.23. The number of quaternary nitrogens is 1. The minimum absolute atomic E-state index is 0.0321. The molecule has 4 aliphatic rings. The topological polar surface area (TPSA) is 53.9 Å². The highest BCUT2D eigenvalue weighted by molar-refractivity contribution is 5.77. The summed E-state index contributed by atoms with van der Waals surface area (Å²) >= 11 is 0. The molecule has 0 spiro atoms. The first-order valence-electron chi connectivity index (χ1n) is 5.99. The van der Waals surface area contributed by atoms with Gasteiger partial charge in [-0.3, -0.25) is 4.79 Å². The Morgan fingerprint density at radius 1 is 1.27 bits per heavy atom. The third kappa shape index (κ3) is 1.25. The zero-order valence-corrected chi connectivity index (χ0v) is 9.42. The van der Waals surface area contributed by atoms with E-state index in [1.54, 1.807) is 0 Å². The molecule has 0 heterocycles. The van der Waals surface area contributed by atoms with Crippen LogP contribution in [0.4, 0.5) is 0 Å². The molecule has 0 aromatic rings. The Bertz CT molecular complexity index is 299. The Morgan fingerprint density at radius 2 is 1.87 bits per heavy atom. The van der Waals surface area contributed by atoms with Gasteiger partial charge in [-0.05, 0) is 31.1 Å². The number of methoxy groups -OCH3 is 1. The Labute approximate surface area is 90.4 Å². The Hall–Kier alpha value is -0.570. The molecule has 4 saturated carbocycles. The smallest absolute Gasteiger partial charge is 0.312 e. The van der Waals surface area contributed by atoms with Crippen LogP contribution in [-0.4, -0.2) is 18.6 Å². The van der Waals surface area contributed by atoms with Crippen molar-refractivity contribution in [3.8, 4) is 0 Å². The number of carbonyl (C=O) groups is 1. The summed E-state index contributed by atoms with van der Waals surface area (Å²) in [5.74, 6) is 1.51. The molecule has 4 aliphatic carbocycles. The Kier molecular flexibility index (Phi) is 1.77. The zero-order valence-electron chi connectivity index (χ0n) is 9.42. The lowest BCUT2D eigenvalue weighted by molar-refractivity contribution is -0.508. The lowest BCUT2D eigenvalue weighted by atomic mass is 9.47. The van der Waals surface area contributed by atoms with E-state index in [9.17, 15) is 4.79 Å². The van der Waals surface area contributed by atoms with Crippen LogP contribution in [0.5, 0.6) is 0 Å². The van der Waals surface area contributed by atoms with E-state index in [-0.39, 0.29) is 16.9 Å². The number of rotatable bonds is 1. The molecule has 4 rings (SSSR count). The molecule has 2 atom stereocenters. The van der Waals surface area contributed by atoms with Gasteiger partial charge in [0.25, 0.3) is 0 Å². The molecule has 84 valence electrons. The molecule has 0 radical (unpaired) electrons. The van der Waals surface area contributed by atoms with E-state index in [2.05, 4.69) is 5.73 Å². The first-order chi connectivity index (χ1) is 7.05. The maximum Gasteiger partial charge on any atom is 0.312 e. The van der Waals surface area contributed by atoms with E-state index in [0.29, 0.717) is 0 Å². The van der Waals surface area contributed by atoms with Crippen molar-refractivity contribution in [1.29, 1.82) is 0 Å². The van der Waals surface area contributed by atoms with Crippen LogP contribution in [0.15, 0.2) is 0 Å². The molecule has 0 aliphatic heterocycles. The summed E-state index contributed by atoms with van der Waals surface area (Å²) < 4.78 is 5.01. The van der Waals surface area contributed by atoms with Crippen LogP contribution >= 0.6 is 0 Å². The third-order valence-electron chi connectivity index (χ3n) is 4.80. The summed E-state index contributed by atoms with van der Waals surface area (Å²) in [4.78, 5) is 12.0. The molecule has 3 nitrogen and oxygen atoms in total. The SMILES string of the molecule is COC(=O)C12CC3CC(CC([NH3+])(C3)C1)C2. The minimum Gasteiger partial charge on any atom is -0.469 e. The van der Waals surface area contributed by atoms with Crippen molar-refractivity contribution in [2.75, 3.05) is 7.11 Å². The molecule has 0 aromatic heterocycles. The first-order valence-corrected chi connectivity index (χ1v) is 5.99. The zero-order chi connectivity index (χ0) is 10.7. The third-order valence-corrected chi connectivity index (χ3v) is 4.80. The molecule has 2 unspecified atom stereocenters. The van der Waals surface area contributed by atoms with Crippen molar-refractivity contribution < 1.29 is 15.3 Å². The monoisotopic (exact) mass is 210 g/mol. The quantitative estimate of drug-likeness (QED) is 0.649. The van der Waals surface area contributed by atoms with Gasteiger partial charge in [-0.15, -0.1) is 0 Å². The standard InChI is InChI=1S/C12H19NO2/c1-15-10(14)11-3-8-2-9(4-11)6-12(13,5-8)7-11/h8-9H,2-7,13H2,1H3/p+1. The normalized spacial score (nSPS) is 51.9. The van der Waals surface area contributed by atoms with Gasteiger partial charge in [0.2, 0.25) is 0 Å². The molecule has 0 aromatic carbocycles. The molecular formula is C12H20NO2+. The van der Waals surface area contributed by atoms with Gasteiger partial charge in [0, 0.05) is 19.3 Å². The van der Waals surface area contributed by atoms with Crippen molar-refractivity contribution >= 4 is 5.97 Å². The highest BCUT2D eigenvalue weighted by atomic mass is 16.5. The number of carbonyl (C=O) groups excluding carboxylic acids is 1. The van der Waals surface area contributed by atoms with Gasteiger partial charge in [-0.2, -0.15) is 0 Å². The van der Waals surface area contributed by atoms with Crippen LogP contribution in [0.2, 0.25) is 0 Å². The lowest BCUT2D eigenvalue weighted by Gasteiger charge is -2.57. The maximum absolute atomic E-state index is 12.0. The maximum atomic E-state index is 12.0. The summed E-state index contributed by atoms with van der Waals surface area (Å²) in [6.07, 6.45) is 6.90. The summed E-state index contributed by atoms with van der Waals surface area (Å²) in [6.45, 7) is 0. The first kappa shape index (κ1) is 9.64. The van der Waals surface area contributed by atoms with Gasteiger partial charge in [0.1, 0.15) is 0 Å². The van der Waals surface area contributed by atoms with Gasteiger partial charge < -0.3 is 10.5 Å². The Balaban J connectivity index is 1.96.